The maximum Gasteiger partial charge on any atom is 0.116 e. The molecule has 0 saturated carbocycles. The Balaban J connectivity index is 0.00000140. The molecule has 0 aliphatic rings. The van der Waals surface area contributed by atoms with Gasteiger partial charge in [-0.05, 0) is 42.0 Å². The topological polar surface area (TPSA) is 0 Å². The molecule has 4 aromatic rings. The highest BCUT2D eigenvalue weighted by atomic mass is 35.5. The summed E-state index contributed by atoms with van der Waals surface area (Å²) in [6.45, 7) is 0. The molecule has 0 radical (unpaired) electrons. The molecule has 0 amide bonds. The average molecular weight is 405 g/mol. The van der Waals surface area contributed by atoms with Crippen LogP contribution in [0.15, 0.2) is 121 Å². The van der Waals surface area contributed by atoms with E-state index in [1.165, 1.54) is 21.5 Å². The van der Waals surface area contributed by atoms with Crippen LogP contribution in [0.25, 0.3) is 0 Å². The molecule has 0 unspecified atom stereocenters. The summed E-state index contributed by atoms with van der Waals surface area (Å²) >= 11 is 0. The van der Waals surface area contributed by atoms with Crippen LogP contribution in [0.1, 0.15) is 13.0 Å². The number of rotatable bonds is 5. The quantitative estimate of drug-likeness (QED) is 0.449. The summed E-state index contributed by atoms with van der Waals surface area (Å²) in [5, 5.41) is 4.30. The summed E-state index contributed by atoms with van der Waals surface area (Å²) in [5.74, 6) is 0. The van der Waals surface area contributed by atoms with E-state index in [4.69, 9.17) is 0 Å². The van der Waals surface area contributed by atoms with Gasteiger partial charge in [0.15, 0.2) is 0 Å². The van der Waals surface area contributed by atoms with Crippen molar-refractivity contribution in [1.29, 1.82) is 0 Å². The molecule has 0 saturated heterocycles. The summed E-state index contributed by atoms with van der Waals surface area (Å²) in [7, 11) is -1.78. The van der Waals surface area contributed by atoms with Crippen molar-refractivity contribution in [2.24, 2.45) is 0 Å². The Labute approximate surface area is 176 Å². The van der Waals surface area contributed by atoms with E-state index < -0.39 is 7.26 Å². The standard InChI is InChI=1S/C25H22P.CH4.ClH/c1-5-13-22(14-6-1)21-26(23-15-7-2-8-16-23,24-17-9-3-10-18-24)25-19-11-4-12-20-25;;/h1-20H,21H2;1H4;1H/q+1;;/p-1. The van der Waals surface area contributed by atoms with Crippen LogP contribution in [0.2, 0.25) is 0 Å². The summed E-state index contributed by atoms with van der Waals surface area (Å²) < 4.78 is 0. The first-order valence-corrected chi connectivity index (χ1v) is 11.0. The molecule has 28 heavy (non-hydrogen) atoms. The van der Waals surface area contributed by atoms with Gasteiger partial charge in [0.1, 0.15) is 23.2 Å². The molecule has 142 valence electrons. The second-order valence-electron chi connectivity index (χ2n) is 6.46. The maximum atomic E-state index is 2.30. The predicted molar refractivity (Wildman–Crippen MR) is 122 cm³/mol. The molecule has 0 aromatic heterocycles. The highest BCUT2D eigenvalue weighted by Gasteiger charge is 2.45. The van der Waals surface area contributed by atoms with E-state index in [0.29, 0.717) is 0 Å². The molecule has 0 bridgehead atoms. The van der Waals surface area contributed by atoms with Gasteiger partial charge < -0.3 is 12.4 Å². The lowest BCUT2D eigenvalue weighted by Crippen LogP contribution is -3.00. The van der Waals surface area contributed by atoms with Crippen molar-refractivity contribution in [3.05, 3.63) is 127 Å². The second kappa shape index (κ2) is 10.2. The van der Waals surface area contributed by atoms with E-state index >= 15 is 0 Å². The van der Waals surface area contributed by atoms with Crippen LogP contribution in [-0.2, 0) is 6.16 Å². The van der Waals surface area contributed by atoms with Gasteiger partial charge in [-0.15, -0.1) is 0 Å². The fourth-order valence-corrected chi connectivity index (χ4v) is 7.87. The average Bonchev–Trinajstić information content (AvgIpc) is 2.75. The second-order valence-corrected chi connectivity index (χ2v) is 9.95. The largest absolute Gasteiger partial charge is 1.00 e. The number of benzene rings is 4. The summed E-state index contributed by atoms with van der Waals surface area (Å²) in [5.41, 5.74) is 1.39. The maximum absolute atomic E-state index is 2.30. The Bertz CT molecular complexity index is 842. The van der Waals surface area contributed by atoms with Gasteiger partial charge in [-0.25, -0.2) is 0 Å². The zero-order valence-electron chi connectivity index (χ0n) is 15.1. The molecular formula is C26H26ClP. The molecule has 2 heteroatoms. The minimum Gasteiger partial charge on any atom is -1.00 e. The fraction of sp³-hybridized carbons (Fsp3) is 0.0769. The minimum atomic E-state index is -1.78. The Morgan fingerprint density at radius 2 is 0.714 bits per heavy atom. The minimum absolute atomic E-state index is 0. The molecule has 0 N–H and O–H groups in total. The number of hydrogen-bond donors (Lipinski definition) is 0. The Morgan fingerprint density at radius 3 is 1.04 bits per heavy atom. The summed E-state index contributed by atoms with van der Waals surface area (Å²) in [4.78, 5) is 0. The van der Waals surface area contributed by atoms with Crippen molar-refractivity contribution in [2.45, 2.75) is 13.6 Å². The third-order valence-electron chi connectivity index (χ3n) is 4.85. The lowest BCUT2D eigenvalue weighted by Gasteiger charge is -2.27. The molecular weight excluding hydrogens is 379 g/mol. The van der Waals surface area contributed by atoms with Crippen molar-refractivity contribution in [3.8, 4) is 0 Å². The summed E-state index contributed by atoms with van der Waals surface area (Å²) in [6, 6.07) is 44.0. The molecule has 0 nitrogen and oxygen atoms in total. The van der Waals surface area contributed by atoms with E-state index in [1.54, 1.807) is 0 Å². The molecule has 0 aliphatic heterocycles. The normalized spacial score (nSPS) is 10.4. The fourth-order valence-electron chi connectivity index (χ4n) is 3.63. The lowest BCUT2D eigenvalue weighted by molar-refractivity contribution is -0.00000542. The highest BCUT2D eigenvalue weighted by molar-refractivity contribution is 7.95. The van der Waals surface area contributed by atoms with E-state index in [-0.39, 0.29) is 19.8 Å². The molecule has 0 spiro atoms. The molecule has 4 aromatic carbocycles. The zero-order valence-corrected chi connectivity index (χ0v) is 16.7. The van der Waals surface area contributed by atoms with Crippen LogP contribution in [0.4, 0.5) is 0 Å². The molecule has 0 aliphatic carbocycles. The zero-order chi connectivity index (χ0) is 17.7. The number of halogens is 1. The number of hydrogen-bond acceptors (Lipinski definition) is 0. The molecule has 4 rings (SSSR count). The van der Waals surface area contributed by atoms with Gasteiger partial charge in [0.2, 0.25) is 0 Å². The molecule has 0 heterocycles. The van der Waals surface area contributed by atoms with E-state index in [9.17, 15) is 0 Å². The van der Waals surface area contributed by atoms with Crippen molar-refractivity contribution in [3.63, 3.8) is 0 Å². The van der Waals surface area contributed by atoms with Gasteiger partial charge in [0, 0.05) is 0 Å². The SMILES string of the molecule is C.[Cl-].c1ccc(C[P+](c2ccccc2)(c2ccccc2)c2ccccc2)cc1. The molecule has 0 atom stereocenters. The Morgan fingerprint density at radius 1 is 0.429 bits per heavy atom. The Hall–Kier alpha value is -2.40. The monoisotopic (exact) mass is 404 g/mol. The van der Waals surface area contributed by atoms with Gasteiger partial charge in [0.05, 0.1) is 6.16 Å². The van der Waals surface area contributed by atoms with E-state index in [0.717, 1.165) is 6.16 Å². The predicted octanol–water partition coefficient (Wildman–Crippen LogP) is 2.82. The summed E-state index contributed by atoms with van der Waals surface area (Å²) in [6.07, 6.45) is 1.03. The van der Waals surface area contributed by atoms with Crippen LogP contribution in [0.3, 0.4) is 0 Å². The van der Waals surface area contributed by atoms with Crippen molar-refractivity contribution in [2.75, 3.05) is 0 Å². The lowest BCUT2D eigenvalue weighted by atomic mass is 10.2. The first-order chi connectivity index (χ1) is 12.9. The van der Waals surface area contributed by atoms with Crippen LogP contribution in [0, 0.1) is 0 Å². The van der Waals surface area contributed by atoms with Crippen molar-refractivity contribution >= 4 is 23.2 Å². The van der Waals surface area contributed by atoms with Gasteiger partial charge in [0.25, 0.3) is 0 Å². The van der Waals surface area contributed by atoms with Gasteiger partial charge in [-0.1, -0.05) is 92.4 Å². The van der Waals surface area contributed by atoms with Crippen LogP contribution in [-0.4, -0.2) is 0 Å². The van der Waals surface area contributed by atoms with Gasteiger partial charge in [-0.3, -0.25) is 0 Å². The van der Waals surface area contributed by atoms with E-state index in [2.05, 4.69) is 121 Å². The van der Waals surface area contributed by atoms with Crippen LogP contribution >= 0.6 is 7.26 Å². The highest BCUT2D eigenvalue weighted by Crippen LogP contribution is 2.58. The van der Waals surface area contributed by atoms with E-state index in [1.807, 2.05) is 0 Å². The van der Waals surface area contributed by atoms with Gasteiger partial charge in [-0.2, -0.15) is 0 Å². The van der Waals surface area contributed by atoms with Crippen LogP contribution in [0.5, 0.6) is 0 Å². The van der Waals surface area contributed by atoms with Crippen molar-refractivity contribution < 1.29 is 12.4 Å². The third kappa shape index (κ3) is 4.36. The third-order valence-corrected chi connectivity index (χ3v) is 9.23. The smallest absolute Gasteiger partial charge is 0.116 e. The first-order valence-electron chi connectivity index (χ1n) is 8.98. The first kappa shape index (κ1) is 21.9. The Kier molecular flexibility index (Phi) is 8.00. The van der Waals surface area contributed by atoms with Crippen molar-refractivity contribution in [1.82, 2.24) is 0 Å². The molecule has 0 fully saturated rings. The van der Waals surface area contributed by atoms with Gasteiger partial charge >= 0.3 is 0 Å². The van der Waals surface area contributed by atoms with Crippen LogP contribution < -0.4 is 28.3 Å².